The highest BCUT2D eigenvalue weighted by molar-refractivity contribution is 5.89. The Labute approximate surface area is 166 Å². The number of rotatable bonds is 5. The van der Waals surface area contributed by atoms with Crippen molar-refractivity contribution in [2.24, 2.45) is 0 Å². The lowest BCUT2D eigenvalue weighted by atomic mass is 10.2. The maximum atomic E-state index is 11.8. The number of hydrogen-bond acceptors (Lipinski definition) is 6. The minimum Gasteiger partial charge on any atom is -0.465 e. The van der Waals surface area contributed by atoms with Crippen LogP contribution in [0.1, 0.15) is 20.8 Å². The van der Waals surface area contributed by atoms with E-state index in [1.807, 2.05) is 0 Å². The summed E-state index contributed by atoms with van der Waals surface area (Å²) in [4.78, 5) is 34.1. The zero-order chi connectivity index (χ0) is 21.8. The number of anilines is 2. The second-order valence-electron chi connectivity index (χ2n) is 7.00. The van der Waals surface area contributed by atoms with Crippen LogP contribution in [0, 0.1) is 10.1 Å². The van der Waals surface area contributed by atoms with Crippen molar-refractivity contribution in [2.75, 3.05) is 17.3 Å². The molecule has 10 nitrogen and oxygen atoms in total. The van der Waals surface area contributed by atoms with E-state index in [0.717, 1.165) is 4.90 Å². The van der Waals surface area contributed by atoms with E-state index in [0.29, 0.717) is 11.4 Å². The number of carbonyl (C=O) groups is 2. The number of nitrogens with zero attached hydrogens (tertiary/aromatic N) is 2. The molecular weight excluding hydrogens is 382 g/mol. The Kier molecular flexibility index (Phi) is 6.27. The van der Waals surface area contributed by atoms with Crippen LogP contribution in [0.5, 0.6) is 11.5 Å². The topological polar surface area (TPSA) is 131 Å². The normalized spacial score (nSPS) is 10.8. The fourth-order valence-corrected chi connectivity index (χ4v) is 2.26. The summed E-state index contributed by atoms with van der Waals surface area (Å²) in [5.74, 6) is 0.601. The van der Waals surface area contributed by atoms with Crippen LogP contribution < -0.4 is 15.0 Å². The largest absolute Gasteiger partial charge is 0.465 e. The van der Waals surface area contributed by atoms with E-state index in [-0.39, 0.29) is 17.1 Å². The molecule has 0 aliphatic carbocycles. The van der Waals surface area contributed by atoms with Gasteiger partial charge in [-0.15, -0.1) is 0 Å². The summed E-state index contributed by atoms with van der Waals surface area (Å²) in [5.41, 5.74) is -0.617. The van der Waals surface area contributed by atoms with Crippen LogP contribution in [0.15, 0.2) is 42.5 Å². The van der Waals surface area contributed by atoms with Gasteiger partial charge in [-0.3, -0.25) is 20.3 Å². The number of nitro groups is 1. The van der Waals surface area contributed by atoms with Crippen molar-refractivity contribution in [2.45, 2.75) is 26.4 Å². The lowest BCUT2D eigenvalue weighted by Gasteiger charge is -2.19. The first kappa shape index (κ1) is 21.5. The number of carbonyl (C=O) groups excluding carboxylic acids is 1. The molecule has 0 saturated heterocycles. The van der Waals surface area contributed by atoms with Gasteiger partial charge in [0.2, 0.25) is 0 Å². The van der Waals surface area contributed by atoms with Gasteiger partial charge in [-0.25, -0.2) is 9.59 Å². The zero-order valence-electron chi connectivity index (χ0n) is 16.3. The molecule has 2 aromatic rings. The number of hydrogen-bond donors (Lipinski definition) is 2. The van der Waals surface area contributed by atoms with E-state index in [9.17, 15) is 19.7 Å². The highest BCUT2D eigenvalue weighted by Gasteiger charge is 2.22. The first-order valence-corrected chi connectivity index (χ1v) is 8.49. The molecule has 0 bridgehead atoms. The van der Waals surface area contributed by atoms with Crippen LogP contribution in [-0.2, 0) is 4.74 Å². The molecule has 0 saturated carbocycles. The van der Waals surface area contributed by atoms with E-state index >= 15 is 0 Å². The molecule has 29 heavy (non-hydrogen) atoms. The van der Waals surface area contributed by atoms with Gasteiger partial charge in [0.25, 0.3) is 5.69 Å². The molecule has 10 heteroatoms. The Morgan fingerprint density at radius 3 is 2.21 bits per heavy atom. The third-order valence-corrected chi connectivity index (χ3v) is 3.53. The van der Waals surface area contributed by atoms with Gasteiger partial charge in [-0.05, 0) is 51.1 Å². The SMILES string of the molecule is CN(C(=O)O)c1cc(Oc2ccc(NC(=O)OC(C)(C)C)cc2)ccc1[N+](=O)[O-]. The summed E-state index contributed by atoms with van der Waals surface area (Å²) in [6, 6.07) is 10.1. The first-order chi connectivity index (χ1) is 13.5. The molecule has 2 amide bonds. The summed E-state index contributed by atoms with van der Waals surface area (Å²) in [5, 5.41) is 22.8. The highest BCUT2D eigenvalue weighted by atomic mass is 16.6. The van der Waals surface area contributed by atoms with E-state index in [4.69, 9.17) is 14.6 Å². The lowest BCUT2D eigenvalue weighted by Crippen LogP contribution is -2.27. The summed E-state index contributed by atoms with van der Waals surface area (Å²) < 4.78 is 10.8. The van der Waals surface area contributed by atoms with Gasteiger partial charge in [0, 0.05) is 24.9 Å². The molecule has 0 heterocycles. The summed E-state index contributed by atoms with van der Waals surface area (Å²) in [6.45, 7) is 5.26. The van der Waals surface area contributed by atoms with Crippen molar-refractivity contribution in [3.63, 3.8) is 0 Å². The molecule has 0 unspecified atom stereocenters. The average Bonchev–Trinajstić information content (AvgIpc) is 2.60. The van der Waals surface area contributed by atoms with Gasteiger partial charge in [-0.2, -0.15) is 0 Å². The molecule has 0 fully saturated rings. The Morgan fingerprint density at radius 2 is 1.69 bits per heavy atom. The molecule has 0 aliphatic rings. The summed E-state index contributed by atoms with van der Waals surface area (Å²) in [6.07, 6.45) is -1.94. The van der Waals surface area contributed by atoms with Crippen LogP contribution >= 0.6 is 0 Å². The van der Waals surface area contributed by atoms with Gasteiger partial charge in [0.15, 0.2) is 0 Å². The Bertz CT molecular complexity index is 920. The van der Waals surface area contributed by atoms with Gasteiger partial charge >= 0.3 is 12.2 Å². The monoisotopic (exact) mass is 403 g/mol. The van der Waals surface area contributed by atoms with Crippen molar-refractivity contribution in [3.05, 3.63) is 52.6 Å². The highest BCUT2D eigenvalue weighted by Crippen LogP contribution is 2.33. The zero-order valence-corrected chi connectivity index (χ0v) is 16.3. The van der Waals surface area contributed by atoms with Gasteiger partial charge < -0.3 is 14.6 Å². The minimum absolute atomic E-state index is 0.122. The molecule has 0 aromatic heterocycles. The number of benzene rings is 2. The third kappa shape index (κ3) is 6.09. The molecule has 2 N–H and O–H groups in total. The third-order valence-electron chi connectivity index (χ3n) is 3.53. The molecular formula is C19H21N3O7. The molecule has 154 valence electrons. The van der Waals surface area contributed by atoms with Crippen LogP contribution in [0.3, 0.4) is 0 Å². The molecule has 2 rings (SSSR count). The fourth-order valence-electron chi connectivity index (χ4n) is 2.26. The van der Waals surface area contributed by atoms with Crippen molar-refractivity contribution in [1.29, 1.82) is 0 Å². The van der Waals surface area contributed by atoms with Crippen LogP contribution in [-0.4, -0.2) is 34.9 Å². The maximum absolute atomic E-state index is 11.8. The molecule has 0 atom stereocenters. The Morgan fingerprint density at radius 1 is 1.10 bits per heavy atom. The van der Waals surface area contributed by atoms with E-state index in [1.54, 1.807) is 45.0 Å². The fraction of sp³-hybridized carbons (Fsp3) is 0.263. The minimum atomic E-state index is -1.34. The van der Waals surface area contributed by atoms with Gasteiger partial charge in [-0.1, -0.05) is 0 Å². The number of ether oxygens (including phenoxy) is 2. The maximum Gasteiger partial charge on any atom is 0.412 e. The number of carboxylic acid groups (broad SMARTS) is 1. The van der Waals surface area contributed by atoms with Gasteiger partial charge in [0.05, 0.1) is 4.92 Å². The van der Waals surface area contributed by atoms with Crippen molar-refractivity contribution >= 4 is 29.2 Å². The second-order valence-corrected chi connectivity index (χ2v) is 7.00. The standard InChI is InChI=1S/C19H21N3O7/c1-19(2,3)29-17(23)20-12-5-7-13(8-6-12)28-14-9-10-15(22(26)27)16(11-14)21(4)18(24)25/h5-11H,1-4H3,(H,20,23)(H,24,25). The van der Waals surface area contributed by atoms with Crippen LogP contribution in [0.2, 0.25) is 0 Å². The molecule has 0 aliphatic heterocycles. The number of nitrogens with one attached hydrogen (secondary N) is 1. The number of nitro benzene ring substituents is 1. The smallest absolute Gasteiger partial charge is 0.412 e. The van der Waals surface area contributed by atoms with E-state index in [1.165, 1.54) is 25.2 Å². The van der Waals surface area contributed by atoms with E-state index in [2.05, 4.69) is 5.32 Å². The molecule has 2 aromatic carbocycles. The number of amides is 2. The predicted molar refractivity (Wildman–Crippen MR) is 106 cm³/mol. The molecule has 0 radical (unpaired) electrons. The molecule has 0 spiro atoms. The second kappa shape index (κ2) is 8.46. The average molecular weight is 403 g/mol. The van der Waals surface area contributed by atoms with Crippen molar-refractivity contribution in [1.82, 2.24) is 0 Å². The first-order valence-electron chi connectivity index (χ1n) is 8.49. The lowest BCUT2D eigenvalue weighted by molar-refractivity contribution is -0.384. The van der Waals surface area contributed by atoms with Crippen LogP contribution in [0.4, 0.5) is 26.7 Å². The van der Waals surface area contributed by atoms with Crippen molar-refractivity contribution < 1.29 is 29.1 Å². The summed E-state index contributed by atoms with van der Waals surface area (Å²) >= 11 is 0. The van der Waals surface area contributed by atoms with Gasteiger partial charge in [0.1, 0.15) is 22.8 Å². The quantitative estimate of drug-likeness (QED) is 0.539. The Balaban J connectivity index is 2.15. The summed E-state index contributed by atoms with van der Waals surface area (Å²) in [7, 11) is 1.20. The van der Waals surface area contributed by atoms with E-state index < -0.39 is 22.7 Å². The predicted octanol–water partition coefficient (Wildman–Crippen LogP) is 4.85. The van der Waals surface area contributed by atoms with Crippen molar-refractivity contribution in [3.8, 4) is 11.5 Å². The van der Waals surface area contributed by atoms with Crippen LogP contribution in [0.25, 0.3) is 0 Å². The Hall–Kier alpha value is -3.82.